The van der Waals surface area contributed by atoms with Gasteiger partial charge in [-0.2, -0.15) is 0 Å². The molecule has 0 aromatic heterocycles. The highest BCUT2D eigenvalue weighted by molar-refractivity contribution is 6.14. The number of β-amino-alcohol motifs (C(OH)–C–C–N with tert-alkyl or cyclic N) is 1. The maximum Gasteiger partial charge on any atom is 0.325 e. The summed E-state index contributed by atoms with van der Waals surface area (Å²) >= 11 is 0. The Kier molecular flexibility index (Phi) is 5.43. The number of likely N-dealkylation sites (tertiary alicyclic amines) is 1. The van der Waals surface area contributed by atoms with Gasteiger partial charge in [0.05, 0.1) is 32.1 Å². The Hall–Kier alpha value is -3.27. The first-order chi connectivity index (χ1) is 16.3. The van der Waals surface area contributed by atoms with Crippen LogP contribution < -0.4 is 0 Å². The number of piperazine rings is 1. The van der Waals surface area contributed by atoms with Crippen molar-refractivity contribution in [3.63, 3.8) is 0 Å². The molecule has 0 spiro atoms. The van der Waals surface area contributed by atoms with Gasteiger partial charge in [0, 0.05) is 19.0 Å². The number of carbonyl (C=O) groups is 5. The molecule has 1 aliphatic carbocycles. The average Bonchev–Trinajstić information content (AvgIpc) is 3.58. The van der Waals surface area contributed by atoms with E-state index in [1.807, 2.05) is 30.3 Å². The maximum absolute atomic E-state index is 14.1. The molecule has 3 heterocycles. The molecule has 10 nitrogen and oxygen atoms in total. The van der Waals surface area contributed by atoms with E-state index in [2.05, 4.69) is 4.74 Å². The topological polar surface area (TPSA) is 125 Å². The average molecular weight is 469 g/mol. The van der Waals surface area contributed by atoms with E-state index in [-0.39, 0.29) is 37.9 Å². The smallest absolute Gasteiger partial charge is 0.325 e. The predicted molar refractivity (Wildman–Crippen MR) is 116 cm³/mol. The number of imide groups is 1. The number of hydrogen-bond acceptors (Lipinski definition) is 7. The van der Waals surface area contributed by atoms with Gasteiger partial charge < -0.3 is 19.6 Å². The zero-order valence-electron chi connectivity index (χ0n) is 18.9. The normalized spacial score (nSPS) is 30.6. The molecule has 1 saturated carbocycles. The number of benzene rings is 1. The summed E-state index contributed by atoms with van der Waals surface area (Å²) in [5, 5.41) is 9.54. The Balaban J connectivity index is 1.67. The van der Waals surface area contributed by atoms with E-state index in [9.17, 15) is 29.1 Å². The highest BCUT2D eigenvalue weighted by Crippen LogP contribution is 2.57. The van der Waals surface area contributed by atoms with Crippen LogP contribution in [-0.2, 0) is 35.1 Å². The van der Waals surface area contributed by atoms with Crippen molar-refractivity contribution < 1.29 is 33.8 Å². The second-order valence-electron chi connectivity index (χ2n) is 9.47. The van der Waals surface area contributed by atoms with Gasteiger partial charge >= 0.3 is 5.97 Å². The van der Waals surface area contributed by atoms with E-state index in [1.54, 1.807) is 0 Å². The van der Waals surface area contributed by atoms with Crippen LogP contribution >= 0.6 is 0 Å². The molecule has 5 rings (SSSR count). The molecular weight excluding hydrogens is 442 g/mol. The van der Waals surface area contributed by atoms with E-state index in [0.29, 0.717) is 0 Å². The molecule has 1 N–H and O–H groups in total. The summed E-state index contributed by atoms with van der Waals surface area (Å²) in [6, 6.07) is 8.52. The van der Waals surface area contributed by atoms with Gasteiger partial charge in [0.15, 0.2) is 0 Å². The van der Waals surface area contributed by atoms with Crippen LogP contribution in [0.15, 0.2) is 30.3 Å². The molecule has 0 radical (unpaired) electrons. The highest BCUT2D eigenvalue weighted by Gasteiger charge is 2.75. The first-order valence-corrected chi connectivity index (χ1v) is 11.5. The van der Waals surface area contributed by atoms with Gasteiger partial charge in [0.1, 0.15) is 12.1 Å². The van der Waals surface area contributed by atoms with Gasteiger partial charge in [0.25, 0.3) is 0 Å². The van der Waals surface area contributed by atoms with Gasteiger partial charge in [-0.3, -0.25) is 28.9 Å². The monoisotopic (exact) mass is 469 g/mol. The first kappa shape index (κ1) is 22.5. The van der Waals surface area contributed by atoms with Crippen molar-refractivity contribution in [1.29, 1.82) is 0 Å². The van der Waals surface area contributed by atoms with Crippen molar-refractivity contribution in [3.8, 4) is 0 Å². The maximum atomic E-state index is 14.1. The second-order valence-corrected chi connectivity index (χ2v) is 9.47. The van der Waals surface area contributed by atoms with Crippen LogP contribution in [0.25, 0.3) is 0 Å². The van der Waals surface area contributed by atoms with Crippen molar-refractivity contribution in [1.82, 2.24) is 14.7 Å². The van der Waals surface area contributed by atoms with E-state index in [1.165, 1.54) is 16.9 Å². The lowest BCUT2D eigenvalue weighted by molar-refractivity contribution is -0.170. The number of ether oxygens (including phenoxy) is 1. The van der Waals surface area contributed by atoms with Crippen LogP contribution in [0.3, 0.4) is 0 Å². The molecule has 4 fully saturated rings. The molecule has 10 heteroatoms. The molecule has 3 saturated heterocycles. The molecule has 34 heavy (non-hydrogen) atoms. The molecule has 1 aromatic rings. The van der Waals surface area contributed by atoms with E-state index in [4.69, 9.17) is 0 Å². The molecule has 180 valence electrons. The van der Waals surface area contributed by atoms with Crippen molar-refractivity contribution in [2.24, 2.45) is 17.8 Å². The van der Waals surface area contributed by atoms with Gasteiger partial charge in [0.2, 0.25) is 23.6 Å². The first-order valence-electron chi connectivity index (χ1n) is 11.5. The largest absolute Gasteiger partial charge is 0.468 e. The number of rotatable bonds is 7. The Morgan fingerprint density at radius 1 is 1.12 bits per heavy atom. The second kappa shape index (κ2) is 8.19. The van der Waals surface area contributed by atoms with Crippen LogP contribution in [0.5, 0.6) is 0 Å². The number of methoxy groups -OCH3 is 1. The summed E-state index contributed by atoms with van der Waals surface area (Å²) in [7, 11) is 1.18. The fourth-order valence-corrected chi connectivity index (χ4v) is 6.15. The number of carbonyl (C=O) groups excluding carboxylic acids is 5. The molecular formula is C24H27N3O7. The number of aliphatic hydroxyl groups excluding tert-OH is 1. The zero-order chi connectivity index (χ0) is 24.2. The number of aliphatic hydroxyl groups is 1. The number of hydrogen-bond donors (Lipinski definition) is 1. The van der Waals surface area contributed by atoms with E-state index >= 15 is 0 Å². The SMILES string of the molecule is COC(=O)CN1C(=O)C2C(C3CC3)N3C(=O)CN(CCO)C(=O)[C@@]3(Cc3ccccc3)C2C1=O. The molecule has 1 aromatic carbocycles. The molecule has 0 bridgehead atoms. The van der Waals surface area contributed by atoms with Crippen molar-refractivity contribution >= 4 is 29.6 Å². The number of esters is 1. The summed E-state index contributed by atoms with van der Waals surface area (Å²) in [4.78, 5) is 70.6. The van der Waals surface area contributed by atoms with Crippen molar-refractivity contribution in [3.05, 3.63) is 35.9 Å². The van der Waals surface area contributed by atoms with Crippen LogP contribution in [-0.4, -0.2) is 94.3 Å². The van der Waals surface area contributed by atoms with E-state index < -0.39 is 53.7 Å². The minimum atomic E-state index is -1.60. The molecule has 4 aliphatic rings. The van der Waals surface area contributed by atoms with Crippen molar-refractivity contribution in [2.45, 2.75) is 30.8 Å². The molecule has 3 aliphatic heterocycles. The van der Waals surface area contributed by atoms with Crippen LogP contribution in [0.4, 0.5) is 0 Å². The fourth-order valence-electron chi connectivity index (χ4n) is 6.15. The van der Waals surface area contributed by atoms with Crippen molar-refractivity contribution in [2.75, 3.05) is 33.4 Å². The van der Waals surface area contributed by atoms with Gasteiger partial charge in [-0.25, -0.2) is 0 Å². The van der Waals surface area contributed by atoms with Gasteiger partial charge in [-0.05, 0) is 24.3 Å². The highest BCUT2D eigenvalue weighted by atomic mass is 16.5. The molecule has 4 atom stereocenters. The number of fused-ring (bicyclic) bond motifs is 3. The Bertz CT molecular complexity index is 1060. The third-order valence-corrected chi connectivity index (χ3v) is 7.61. The van der Waals surface area contributed by atoms with Gasteiger partial charge in [-0.1, -0.05) is 30.3 Å². The minimum absolute atomic E-state index is 0.0149. The zero-order valence-corrected chi connectivity index (χ0v) is 18.9. The third kappa shape index (κ3) is 3.15. The standard InChI is InChI=1S/C24H27N3O7/c1-34-17(30)13-26-21(31)18-19(22(26)32)24(11-14-5-3-2-4-6-14)23(33)25(9-10-28)12-16(29)27(24)20(18)15-7-8-15/h2-6,15,18-20,28H,7-13H2,1H3/t18?,19?,20?,24-/m1/s1. The van der Waals surface area contributed by atoms with Crippen LogP contribution in [0.2, 0.25) is 0 Å². The van der Waals surface area contributed by atoms with Gasteiger partial charge in [-0.15, -0.1) is 0 Å². The molecule has 3 unspecified atom stereocenters. The predicted octanol–water partition coefficient (Wildman–Crippen LogP) is -0.803. The molecule has 4 amide bonds. The van der Waals surface area contributed by atoms with Crippen LogP contribution in [0.1, 0.15) is 18.4 Å². The fraction of sp³-hybridized carbons (Fsp3) is 0.542. The Labute approximate surface area is 196 Å². The number of amides is 4. The minimum Gasteiger partial charge on any atom is -0.468 e. The quantitative estimate of drug-likeness (QED) is 0.409. The lowest BCUT2D eigenvalue weighted by Crippen LogP contribution is -2.71. The summed E-state index contributed by atoms with van der Waals surface area (Å²) < 4.78 is 4.68. The summed E-state index contributed by atoms with van der Waals surface area (Å²) in [6.07, 6.45) is 1.66. The lowest BCUT2D eigenvalue weighted by atomic mass is 9.74. The Morgan fingerprint density at radius 2 is 1.82 bits per heavy atom. The summed E-state index contributed by atoms with van der Waals surface area (Å²) in [5.41, 5.74) is -0.845. The Morgan fingerprint density at radius 3 is 2.44 bits per heavy atom. The summed E-state index contributed by atoms with van der Waals surface area (Å²) in [6.45, 7) is -1.11. The summed E-state index contributed by atoms with van der Waals surface area (Å²) in [5.74, 6) is -4.64. The van der Waals surface area contributed by atoms with E-state index in [0.717, 1.165) is 23.3 Å². The lowest BCUT2D eigenvalue weighted by Gasteiger charge is -2.49. The number of nitrogens with zero attached hydrogens (tertiary/aromatic N) is 3. The third-order valence-electron chi connectivity index (χ3n) is 7.61. The van der Waals surface area contributed by atoms with Crippen LogP contribution in [0, 0.1) is 17.8 Å².